The van der Waals surface area contributed by atoms with E-state index in [0.29, 0.717) is 10.7 Å². The van der Waals surface area contributed by atoms with Crippen LogP contribution in [0.3, 0.4) is 0 Å². The first-order chi connectivity index (χ1) is 9.95. The summed E-state index contributed by atoms with van der Waals surface area (Å²) in [5.41, 5.74) is 1.81. The summed E-state index contributed by atoms with van der Waals surface area (Å²) < 4.78 is 5.35. The molecule has 2 aromatic rings. The average Bonchev–Trinajstić information content (AvgIpc) is 2.40. The van der Waals surface area contributed by atoms with Crippen LogP contribution < -0.4 is 10.1 Å². The third-order valence-corrected chi connectivity index (χ3v) is 3.43. The first-order valence-electron chi connectivity index (χ1n) is 6.09. The van der Waals surface area contributed by atoms with Crippen LogP contribution in [0.1, 0.15) is 5.56 Å². The highest BCUT2D eigenvalue weighted by Gasteiger charge is 2.11. The van der Waals surface area contributed by atoms with Crippen molar-refractivity contribution in [2.75, 3.05) is 11.9 Å². The largest absolute Gasteiger partial charge is 0.481 e. The zero-order valence-corrected chi connectivity index (χ0v) is 13.4. The summed E-state index contributed by atoms with van der Waals surface area (Å²) >= 11 is 17.7. The molecule has 0 unspecified atom stereocenters. The number of hydrogen-bond acceptors (Lipinski definition) is 2. The van der Waals surface area contributed by atoms with E-state index in [-0.39, 0.29) is 28.3 Å². The van der Waals surface area contributed by atoms with Gasteiger partial charge in [0.2, 0.25) is 0 Å². The number of rotatable bonds is 4. The van der Waals surface area contributed by atoms with Crippen LogP contribution in [0.2, 0.25) is 15.1 Å². The number of nitrogens with one attached hydrogen (secondary N) is 1. The van der Waals surface area contributed by atoms with Crippen molar-refractivity contribution in [3.05, 3.63) is 57.0 Å². The van der Waals surface area contributed by atoms with Gasteiger partial charge in [0.25, 0.3) is 5.91 Å². The number of carbonyl (C=O) groups excluding carboxylic acids is 1. The van der Waals surface area contributed by atoms with E-state index >= 15 is 0 Å². The van der Waals surface area contributed by atoms with Crippen LogP contribution in [-0.4, -0.2) is 12.5 Å². The van der Waals surface area contributed by atoms with Crippen LogP contribution in [0, 0.1) is 6.92 Å². The third kappa shape index (κ3) is 4.53. The predicted molar refractivity (Wildman–Crippen MR) is 86.8 cm³/mol. The molecule has 0 atom stereocenters. The van der Waals surface area contributed by atoms with E-state index in [2.05, 4.69) is 5.32 Å². The van der Waals surface area contributed by atoms with Crippen LogP contribution in [0.15, 0.2) is 36.4 Å². The predicted octanol–water partition coefficient (Wildman–Crippen LogP) is 4.97. The SMILES string of the molecule is Cc1ccc(NC(=O)COc2c(Cl)cc(Cl)cc2Cl)cc1. The number of ether oxygens (including phenoxy) is 1. The number of hydrogen-bond donors (Lipinski definition) is 1. The molecule has 0 aliphatic carbocycles. The Morgan fingerprint density at radius 1 is 1.10 bits per heavy atom. The van der Waals surface area contributed by atoms with Crippen LogP contribution in [0.25, 0.3) is 0 Å². The zero-order valence-electron chi connectivity index (χ0n) is 11.1. The molecule has 2 aromatic carbocycles. The highest BCUT2D eigenvalue weighted by molar-refractivity contribution is 6.40. The maximum atomic E-state index is 11.8. The highest BCUT2D eigenvalue weighted by Crippen LogP contribution is 2.35. The number of anilines is 1. The number of amides is 1. The van der Waals surface area contributed by atoms with E-state index in [1.807, 2.05) is 31.2 Å². The Bertz CT molecular complexity index is 633. The second-order valence-corrected chi connectivity index (χ2v) is 5.65. The molecule has 1 amide bonds. The van der Waals surface area contributed by atoms with Gasteiger partial charge in [0.15, 0.2) is 12.4 Å². The number of benzene rings is 2. The molecule has 0 saturated heterocycles. The van der Waals surface area contributed by atoms with Gasteiger partial charge in [0, 0.05) is 10.7 Å². The van der Waals surface area contributed by atoms with Gasteiger partial charge in [-0.1, -0.05) is 52.5 Å². The smallest absolute Gasteiger partial charge is 0.262 e. The minimum atomic E-state index is -0.305. The summed E-state index contributed by atoms with van der Waals surface area (Å²) in [6.45, 7) is 1.77. The lowest BCUT2D eigenvalue weighted by atomic mass is 10.2. The number of carbonyl (C=O) groups is 1. The minimum Gasteiger partial charge on any atom is -0.481 e. The van der Waals surface area contributed by atoms with E-state index in [1.165, 1.54) is 12.1 Å². The Morgan fingerprint density at radius 2 is 1.67 bits per heavy atom. The van der Waals surface area contributed by atoms with Gasteiger partial charge in [-0.15, -0.1) is 0 Å². The molecular formula is C15H12Cl3NO2. The highest BCUT2D eigenvalue weighted by atomic mass is 35.5. The van der Waals surface area contributed by atoms with Gasteiger partial charge in [-0.2, -0.15) is 0 Å². The molecule has 6 heteroatoms. The van der Waals surface area contributed by atoms with Gasteiger partial charge in [-0.25, -0.2) is 0 Å². The van der Waals surface area contributed by atoms with Crippen molar-refractivity contribution >= 4 is 46.4 Å². The summed E-state index contributed by atoms with van der Waals surface area (Å²) in [6.07, 6.45) is 0. The first kappa shape index (κ1) is 16.0. The fourth-order valence-corrected chi connectivity index (χ4v) is 2.56. The normalized spacial score (nSPS) is 10.3. The minimum absolute atomic E-state index is 0.199. The van der Waals surface area contributed by atoms with Crippen molar-refractivity contribution in [2.45, 2.75) is 6.92 Å². The monoisotopic (exact) mass is 343 g/mol. The third-order valence-electron chi connectivity index (χ3n) is 2.65. The topological polar surface area (TPSA) is 38.3 Å². The molecule has 1 N–H and O–H groups in total. The number of aryl methyl sites for hydroxylation is 1. The second kappa shape index (κ2) is 7.03. The molecule has 0 aliphatic rings. The molecule has 0 aliphatic heterocycles. The zero-order chi connectivity index (χ0) is 15.4. The van der Waals surface area contributed by atoms with Gasteiger partial charge in [-0.05, 0) is 31.2 Å². The lowest BCUT2D eigenvalue weighted by molar-refractivity contribution is -0.118. The summed E-state index contributed by atoms with van der Waals surface area (Å²) in [5, 5.41) is 3.64. The summed E-state index contributed by atoms with van der Waals surface area (Å²) in [4.78, 5) is 11.8. The summed E-state index contributed by atoms with van der Waals surface area (Å²) in [7, 11) is 0. The molecule has 0 radical (unpaired) electrons. The van der Waals surface area contributed by atoms with Crippen molar-refractivity contribution in [3.8, 4) is 5.75 Å². The lowest BCUT2D eigenvalue weighted by Gasteiger charge is -2.10. The number of halogens is 3. The Kier molecular flexibility index (Phi) is 5.34. The summed E-state index contributed by atoms with van der Waals surface area (Å²) in [5.74, 6) is -0.0669. The molecule has 0 saturated carbocycles. The van der Waals surface area contributed by atoms with Crippen LogP contribution in [0.5, 0.6) is 5.75 Å². The summed E-state index contributed by atoms with van der Waals surface area (Å²) in [6, 6.07) is 10.4. The van der Waals surface area contributed by atoms with Gasteiger partial charge in [0.1, 0.15) is 0 Å². The van der Waals surface area contributed by atoms with E-state index in [0.717, 1.165) is 5.56 Å². The van der Waals surface area contributed by atoms with Crippen LogP contribution in [0.4, 0.5) is 5.69 Å². The lowest BCUT2D eigenvalue weighted by Crippen LogP contribution is -2.20. The van der Waals surface area contributed by atoms with Crippen LogP contribution >= 0.6 is 34.8 Å². The maximum absolute atomic E-state index is 11.8. The van der Waals surface area contributed by atoms with Gasteiger partial charge < -0.3 is 10.1 Å². The Hall–Kier alpha value is -1.42. The molecular weight excluding hydrogens is 333 g/mol. The van der Waals surface area contributed by atoms with Gasteiger partial charge >= 0.3 is 0 Å². The molecule has 0 bridgehead atoms. The molecule has 0 aromatic heterocycles. The molecule has 3 nitrogen and oxygen atoms in total. The fraction of sp³-hybridized carbons (Fsp3) is 0.133. The van der Waals surface area contributed by atoms with Crippen molar-refractivity contribution in [1.29, 1.82) is 0 Å². The Morgan fingerprint density at radius 3 is 2.24 bits per heavy atom. The average molecular weight is 345 g/mol. The molecule has 2 rings (SSSR count). The van der Waals surface area contributed by atoms with Crippen LogP contribution in [-0.2, 0) is 4.79 Å². The van der Waals surface area contributed by atoms with Gasteiger partial charge in [0.05, 0.1) is 10.0 Å². The molecule has 0 heterocycles. The molecule has 0 spiro atoms. The van der Waals surface area contributed by atoms with Crippen molar-refractivity contribution < 1.29 is 9.53 Å². The van der Waals surface area contributed by atoms with E-state index < -0.39 is 0 Å². The van der Waals surface area contributed by atoms with Crippen molar-refractivity contribution in [2.24, 2.45) is 0 Å². The fourth-order valence-electron chi connectivity index (χ4n) is 1.64. The molecule has 110 valence electrons. The van der Waals surface area contributed by atoms with E-state index in [9.17, 15) is 4.79 Å². The van der Waals surface area contributed by atoms with E-state index in [4.69, 9.17) is 39.5 Å². The molecule has 0 fully saturated rings. The van der Waals surface area contributed by atoms with E-state index in [1.54, 1.807) is 0 Å². The Balaban J connectivity index is 1.97. The quantitative estimate of drug-likeness (QED) is 0.850. The Labute approximate surface area is 137 Å². The van der Waals surface area contributed by atoms with Crippen molar-refractivity contribution in [3.63, 3.8) is 0 Å². The standard InChI is InChI=1S/C15H12Cl3NO2/c1-9-2-4-11(5-3-9)19-14(20)8-21-15-12(17)6-10(16)7-13(15)18/h2-7H,8H2,1H3,(H,19,20). The van der Waals surface area contributed by atoms with Crippen molar-refractivity contribution in [1.82, 2.24) is 0 Å². The maximum Gasteiger partial charge on any atom is 0.262 e. The first-order valence-corrected chi connectivity index (χ1v) is 7.23. The second-order valence-electron chi connectivity index (χ2n) is 4.40. The van der Waals surface area contributed by atoms with Gasteiger partial charge in [-0.3, -0.25) is 4.79 Å². The molecule has 21 heavy (non-hydrogen) atoms.